The summed E-state index contributed by atoms with van der Waals surface area (Å²) in [5, 5.41) is 15.6. The van der Waals surface area contributed by atoms with Crippen molar-refractivity contribution in [2.24, 2.45) is 0 Å². The van der Waals surface area contributed by atoms with Crippen molar-refractivity contribution >= 4 is 29.3 Å². The predicted octanol–water partition coefficient (Wildman–Crippen LogP) is 1.69. The third kappa shape index (κ3) is 4.61. The van der Waals surface area contributed by atoms with Crippen LogP contribution >= 0.6 is 11.6 Å². The Morgan fingerprint density at radius 3 is 2.71 bits per heavy atom. The molecule has 0 atom stereocenters. The van der Waals surface area contributed by atoms with E-state index < -0.39 is 18.5 Å². The van der Waals surface area contributed by atoms with Crippen molar-refractivity contribution in [1.29, 1.82) is 0 Å². The van der Waals surface area contributed by atoms with Crippen LogP contribution in [0.5, 0.6) is 0 Å². The number of anilines is 1. The third-order valence-electron chi connectivity index (χ3n) is 3.33. The Kier molecular flexibility index (Phi) is 5.41. The minimum atomic E-state index is -1.07. The summed E-state index contributed by atoms with van der Waals surface area (Å²) in [6.45, 7) is 1.29. The molecule has 7 heteroatoms. The molecule has 2 amide bonds. The van der Waals surface area contributed by atoms with Crippen molar-refractivity contribution in [3.05, 3.63) is 29.3 Å². The predicted molar refractivity (Wildman–Crippen MR) is 80.9 cm³/mol. The summed E-state index contributed by atoms with van der Waals surface area (Å²) in [7, 11) is 0. The van der Waals surface area contributed by atoms with Crippen molar-refractivity contribution in [3.63, 3.8) is 0 Å². The molecular formula is C14H18ClN3O3. The molecule has 3 N–H and O–H groups in total. The molecule has 0 radical (unpaired) electrons. The Morgan fingerprint density at radius 2 is 2.10 bits per heavy atom. The minimum absolute atomic E-state index is 0.0641. The number of carbonyl (C=O) groups is 2. The summed E-state index contributed by atoms with van der Waals surface area (Å²) in [6.07, 6.45) is 1.67. The second kappa shape index (κ2) is 7.28. The Hall–Kier alpha value is -1.79. The number of piperidine rings is 1. The topological polar surface area (TPSA) is 81.7 Å². The zero-order chi connectivity index (χ0) is 15.2. The number of hydrogen-bond acceptors (Lipinski definition) is 3. The van der Waals surface area contributed by atoms with Crippen LogP contribution in [-0.2, 0) is 4.79 Å². The van der Waals surface area contributed by atoms with Gasteiger partial charge in [0, 0.05) is 16.8 Å². The highest BCUT2D eigenvalue weighted by atomic mass is 35.5. The number of nitrogens with zero attached hydrogens (tertiary/aromatic N) is 1. The first-order valence-electron chi connectivity index (χ1n) is 6.82. The van der Waals surface area contributed by atoms with Crippen molar-refractivity contribution in [3.8, 4) is 0 Å². The van der Waals surface area contributed by atoms with Crippen molar-refractivity contribution in [2.45, 2.75) is 18.9 Å². The second-order valence-corrected chi connectivity index (χ2v) is 5.37. The molecule has 0 unspecified atom stereocenters. The van der Waals surface area contributed by atoms with Crippen LogP contribution in [0.1, 0.15) is 12.8 Å². The Morgan fingerprint density at radius 1 is 1.38 bits per heavy atom. The maximum atomic E-state index is 12.3. The Labute approximate surface area is 128 Å². The van der Waals surface area contributed by atoms with E-state index in [4.69, 9.17) is 16.7 Å². The molecule has 0 spiro atoms. The van der Waals surface area contributed by atoms with Gasteiger partial charge in [0.15, 0.2) is 0 Å². The van der Waals surface area contributed by atoms with E-state index in [-0.39, 0.29) is 6.04 Å². The maximum Gasteiger partial charge on any atom is 0.323 e. The number of carboxylic acids is 1. The number of carbonyl (C=O) groups excluding carboxylic acids is 1. The van der Waals surface area contributed by atoms with Crippen molar-refractivity contribution in [1.82, 2.24) is 10.6 Å². The van der Waals surface area contributed by atoms with E-state index in [2.05, 4.69) is 10.6 Å². The maximum absolute atomic E-state index is 12.3. The van der Waals surface area contributed by atoms with Gasteiger partial charge in [0.1, 0.15) is 6.54 Å². The van der Waals surface area contributed by atoms with Gasteiger partial charge in [-0.05, 0) is 44.1 Å². The number of hydrogen-bond donors (Lipinski definition) is 3. The van der Waals surface area contributed by atoms with Gasteiger partial charge in [-0.15, -0.1) is 0 Å². The van der Waals surface area contributed by atoms with E-state index in [1.807, 2.05) is 0 Å². The molecule has 1 aliphatic heterocycles. The molecule has 1 fully saturated rings. The molecule has 0 aromatic heterocycles. The van der Waals surface area contributed by atoms with Gasteiger partial charge in [-0.1, -0.05) is 17.7 Å². The van der Waals surface area contributed by atoms with Gasteiger partial charge in [-0.3, -0.25) is 9.69 Å². The summed E-state index contributed by atoms with van der Waals surface area (Å²) < 4.78 is 0. The summed E-state index contributed by atoms with van der Waals surface area (Å²) in [4.78, 5) is 24.5. The van der Waals surface area contributed by atoms with Gasteiger partial charge >= 0.3 is 12.0 Å². The second-order valence-electron chi connectivity index (χ2n) is 4.93. The summed E-state index contributed by atoms with van der Waals surface area (Å²) in [5.41, 5.74) is 0.469. The normalized spacial score (nSPS) is 15.5. The average molecular weight is 312 g/mol. The molecule has 114 valence electrons. The van der Waals surface area contributed by atoms with Crippen LogP contribution in [0.3, 0.4) is 0 Å². The molecule has 0 bridgehead atoms. The van der Waals surface area contributed by atoms with Gasteiger partial charge in [-0.2, -0.15) is 0 Å². The molecule has 1 aromatic rings. The SMILES string of the molecule is O=C(O)CN(C(=O)NC1CCNCC1)c1cccc(Cl)c1. The number of carboxylic acid groups (broad SMARTS) is 1. The van der Waals surface area contributed by atoms with E-state index in [1.165, 1.54) is 4.90 Å². The highest BCUT2D eigenvalue weighted by Crippen LogP contribution is 2.20. The van der Waals surface area contributed by atoms with Gasteiger partial charge < -0.3 is 15.7 Å². The lowest BCUT2D eigenvalue weighted by atomic mass is 10.1. The smallest absolute Gasteiger partial charge is 0.323 e. The molecule has 1 aromatic carbocycles. The van der Waals surface area contributed by atoms with Crippen LogP contribution in [-0.4, -0.2) is 42.8 Å². The molecule has 1 heterocycles. The first-order chi connectivity index (χ1) is 10.1. The molecule has 21 heavy (non-hydrogen) atoms. The Balaban J connectivity index is 2.11. The number of nitrogens with one attached hydrogen (secondary N) is 2. The van der Waals surface area contributed by atoms with E-state index in [1.54, 1.807) is 24.3 Å². The zero-order valence-electron chi connectivity index (χ0n) is 11.5. The summed E-state index contributed by atoms with van der Waals surface area (Å²) in [5.74, 6) is -1.07. The third-order valence-corrected chi connectivity index (χ3v) is 3.56. The summed E-state index contributed by atoms with van der Waals surface area (Å²) >= 11 is 5.91. The largest absolute Gasteiger partial charge is 0.480 e. The van der Waals surface area contributed by atoms with Crippen LogP contribution in [0.2, 0.25) is 5.02 Å². The zero-order valence-corrected chi connectivity index (χ0v) is 12.3. The fourth-order valence-electron chi connectivity index (χ4n) is 2.28. The number of halogens is 1. The highest BCUT2D eigenvalue weighted by Gasteiger charge is 2.22. The monoisotopic (exact) mass is 311 g/mol. The van der Waals surface area contributed by atoms with Gasteiger partial charge in [-0.25, -0.2) is 4.79 Å². The molecule has 1 saturated heterocycles. The van der Waals surface area contributed by atoms with Crippen LogP contribution in [0.4, 0.5) is 10.5 Å². The van der Waals surface area contributed by atoms with Gasteiger partial charge in [0.05, 0.1) is 0 Å². The van der Waals surface area contributed by atoms with Crippen LogP contribution in [0.25, 0.3) is 0 Å². The van der Waals surface area contributed by atoms with E-state index in [0.29, 0.717) is 10.7 Å². The van der Waals surface area contributed by atoms with Crippen molar-refractivity contribution in [2.75, 3.05) is 24.5 Å². The lowest BCUT2D eigenvalue weighted by molar-refractivity contribution is -0.135. The fraction of sp³-hybridized carbons (Fsp3) is 0.429. The number of rotatable bonds is 4. The van der Waals surface area contributed by atoms with Crippen LogP contribution in [0, 0.1) is 0 Å². The van der Waals surface area contributed by atoms with Gasteiger partial charge in [0.2, 0.25) is 0 Å². The molecule has 2 rings (SSSR count). The Bertz CT molecular complexity index is 518. The van der Waals surface area contributed by atoms with Crippen LogP contribution < -0.4 is 15.5 Å². The van der Waals surface area contributed by atoms with Crippen molar-refractivity contribution < 1.29 is 14.7 Å². The van der Waals surface area contributed by atoms with E-state index in [0.717, 1.165) is 25.9 Å². The standard InChI is InChI=1S/C14H18ClN3O3/c15-10-2-1-3-12(8-10)18(9-13(19)20)14(21)17-11-4-6-16-7-5-11/h1-3,8,11,16H,4-7,9H2,(H,17,21)(H,19,20). The molecule has 0 aliphatic carbocycles. The van der Waals surface area contributed by atoms with E-state index in [9.17, 15) is 9.59 Å². The first-order valence-corrected chi connectivity index (χ1v) is 7.20. The lowest BCUT2D eigenvalue weighted by Gasteiger charge is -2.28. The van der Waals surface area contributed by atoms with E-state index >= 15 is 0 Å². The number of amides is 2. The van der Waals surface area contributed by atoms with Crippen LogP contribution in [0.15, 0.2) is 24.3 Å². The average Bonchev–Trinajstić information content (AvgIpc) is 2.45. The number of urea groups is 1. The molecule has 0 saturated carbocycles. The highest BCUT2D eigenvalue weighted by molar-refractivity contribution is 6.30. The van der Waals surface area contributed by atoms with Gasteiger partial charge in [0.25, 0.3) is 0 Å². The molecule has 6 nitrogen and oxygen atoms in total. The summed E-state index contributed by atoms with van der Waals surface area (Å²) in [6, 6.07) is 6.25. The molecular weight excluding hydrogens is 294 g/mol. The number of benzene rings is 1. The molecule has 1 aliphatic rings. The number of aliphatic carboxylic acids is 1. The quantitative estimate of drug-likeness (QED) is 0.790. The fourth-order valence-corrected chi connectivity index (χ4v) is 2.46. The minimum Gasteiger partial charge on any atom is -0.480 e. The first kappa shape index (κ1) is 15.6. The lowest BCUT2D eigenvalue weighted by Crippen LogP contribution is -2.49.